The molecule has 1 saturated carbocycles. The molecule has 2 aromatic carbocycles. The van der Waals surface area contributed by atoms with E-state index in [0.717, 1.165) is 43.2 Å². The van der Waals surface area contributed by atoms with Crippen LogP contribution in [0.2, 0.25) is 0 Å². The number of hydrogen-bond acceptors (Lipinski definition) is 2. The van der Waals surface area contributed by atoms with Crippen LogP contribution < -0.4 is 0 Å². The van der Waals surface area contributed by atoms with Crippen LogP contribution in [0.4, 0.5) is 0 Å². The first kappa shape index (κ1) is 22.3. The molecule has 2 heteroatoms. The normalized spacial score (nSPS) is 21.2. The average Bonchev–Trinajstić information content (AvgIpc) is 2.79. The highest BCUT2D eigenvalue weighted by Gasteiger charge is 2.35. The summed E-state index contributed by atoms with van der Waals surface area (Å²) in [5.41, 5.74) is 4.39. The Bertz CT molecular complexity index is 849. The lowest BCUT2D eigenvalue weighted by Gasteiger charge is -2.35. The van der Waals surface area contributed by atoms with Gasteiger partial charge in [0.25, 0.3) is 0 Å². The topological polar surface area (TPSA) is 40.9 Å². The number of carbonyl (C=O) groups excluding carboxylic acids is 1. The highest BCUT2D eigenvalue weighted by atomic mass is 16.1. The molecule has 158 valence electrons. The highest BCUT2D eigenvalue weighted by Crippen LogP contribution is 2.45. The molecule has 1 aliphatic carbocycles. The van der Waals surface area contributed by atoms with Crippen LogP contribution in [0, 0.1) is 16.7 Å². The molecule has 0 aromatic heterocycles. The predicted molar refractivity (Wildman–Crippen MR) is 125 cm³/mol. The molecule has 0 saturated heterocycles. The number of nitriles is 1. The number of nitrogens with zero attached hydrogens (tertiary/aromatic N) is 1. The minimum absolute atomic E-state index is 0.0822. The Morgan fingerprint density at radius 1 is 0.933 bits per heavy atom. The zero-order valence-electron chi connectivity index (χ0n) is 18.6. The summed E-state index contributed by atoms with van der Waals surface area (Å²) in [6, 6.07) is 19.4. The predicted octanol–water partition coefficient (Wildman–Crippen LogP) is 8.08. The highest BCUT2D eigenvalue weighted by molar-refractivity contribution is 5.94. The van der Waals surface area contributed by atoms with E-state index < -0.39 is 0 Å². The van der Waals surface area contributed by atoms with Crippen LogP contribution in [0.3, 0.4) is 0 Å². The van der Waals surface area contributed by atoms with Crippen LogP contribution >= 0.6 is 0 Å². The first-order valence-corrected chi connectivity index (χ1v) is 11.7. The van der Waals surface area contributed by atoms with E-state index in [9.17, 15) is 10.1 Å². The van der Waals surface area contributed by atoms with Crippen LogP contribution in [-0.4, -0.2) is 5.78 Å². The van der Waals surface area contributed by atoms with Gasteiger partial charge in [-0.2, -0.15) is 5.26 Å². The molecule has 30 heavy (non-hydrogen) atoms. The van der Waals surface area contributed by atoms with E-state index in [1.165, 1.54) is 43.2 Å². The third-order valence-corrected chi connectivity index (χ3v) is 6.95. The van der Waals surface area contributed by atoms with E-state index in [-0.39, 0.29) is 11.2 Å². The lowest BCUT2D eigenvalue weighted by Crippen LogP contribution is -2.25. The van der Waals surface area contributed by atoms with Crippen molar-refractivity contribution >= 4 is 5.78 Å². The van der Waals surface area contributed by atoms with Gasteiger partial charge in [0.05, 0.1) is 11.5 Å². The van der Waals surface area contributed by atoms with Crippen molar-refractivity contribution in [3.63, 3.8) is 0 Å². The molecule has 0 spiro atoms. The summed E-state index contributed by atoms with van der Waals surface area (Å²) in [6.45, 7) is 3.84. The van der Waals surface area contributed by atoms with E-state index in [2.05, 4.69) is 37.3 Å². The van der Waals surface area contributed by atoms with Crippen molar-refractivity contribution in [3.05, 3.63) is 59.7 Å². The Morgan fingerprint density at radius 2 is 1.50 bits per heavy atom. The van der Waals surface area contributed by atoms with Crippen molar-refractivity contribution in [2.24, 2.45) is 5.41 Å². The van der Waals surface area contributed by atoms with Gasteiger partial charge in [-0.15, -0.1) is 0 Å². The fourth-order valence-electron chi connectivity index (χ4n) is 4.83. The molecule has 0 heterocycles. The van der Waals surface area contributed by atoms with Gasteiger partial charge in [-0.05, 0) is 61.6 Å². The van der Waals surface area contributed by atoms with Crippen molar-refractivity contribution in [2.75, 3.05) is 0 Å². The number of benzene rings is 2. The second-order valence-corrected chi connectivity index (χ2v) is 9.09. The van der Waals surface area contributed by atoms with Crippen LogP contribution in [0.5, 0.6) is 0 Å². The third-order valence-electron chi connectivity index (χ3n) is 6.95. The summed E-state index contributed by atoms with van der Waals surface area (Å²) in [5.74, 6) is 0.671. The standard InChI is InChI=1S/C28H35NO/c1-3-4-5-6-7-18-28(21-29)19-16-27(17-20-28)26-14-12-25(13-15-26)24-10-8-23(9-11-24)22(2)30/h8-15,27H,3-7,16-20H2,1-2H3. The van der Waals surface area contributed by atoms with Gasteiger partial charge in [0, 0.05) is 5.56 Å². The van der Waals surface area contributed by atoms with E-state index >= 15 is 0 Å². The Hall–Kier alpha value is -2.40. The third kappa shape index (κ3) is 5.60. The minimum atomic E-state index is -0.0822. The van der Waals surface area contributed by atoms with Crippen LogP contribution in [0.15, 0.2) is 48.5 Å². The summed E-state index contributed by atoms with van der Waals surface area (Å²) in [7, 11) is 0. The van der Waals surface area contributed by atoms with Gasteiger partial charge in [0.2, 0.25) is 0 Å². The summed E-state index contributed by atoms with van der Waals surface area (Å²) < 4.78 is 0. The number of rotatable bonds is 9. The number of ketones is 1. The zero-order valence-corrected chi connectivity index (χ0v) is 18.6. The maximum absolute atomic E-state index is 11.5. The average molecular weight is 402 g/mol. The van der Waals surface area contributed by atoms with Gasteiger partial charge < -0.3 is 0 Å². The van der Waals surface area contributed by atoms with Gasteiger partial charge >= 0.3 is 0 Å². The number of unbranched alkanes of at least 4 members (excludes halogenated alkanes) is 4. The number of Topliss-reactive ketones (excluding diaryl/α,β-unsaturated/α-hetero) is 1. The molecule has 0 N–H and O–H groups in total. The molecule has 0 unspecified atom stereocenters. The van der Waals surface area contributed by atoms with Crippen molar-refractivity contribution in [2.45, 2.75) is 84.0 Å². The van der Waals surface area contributed by atoms with Gasteiger partial charge in [0.1, 0.15) is 0 Å². The molecule has 0 aliphatic heterocycles. The monoisotopic (exact) mass is 401 g/mol. The molecule has 1 aliphatic rings. The molecular formula is C28H35NO. The molecular weight excluding hydrogens is 366 g/mol. The van der Waals surface area contributed by atoms with Crippen molar-refractivity contribution in [1.29, 1.82) is 5.26 Å². The first-order chi connectivity index (χ1) is 14.6. The van der Waals surface area contributed by atoms with Crippen LogP contribution in [0.25, 0.3) is 11.1 Å². The fourth-order valence-corrected chi connectivity index (χ4v) is 4.83. The maximum atomic E-state index is 11.5. The zero-order chi connectivity index (χ0) is 21.4. The van der Waals surface area contributed by atoms with Gasteiger partial charge in [-0.3, -0.25) is 4.79 Å². The van der Waals surface area contributed by atoms with Gasteiger partial charge in [-0.1, -0.05) is 87.6 Å². The summed E-state index contributed by atoms with van der Waals surface area (Å²) in [4.78, 5) is 11.5. The second-order valence-electron chi connectivity index (χ2n) is 9.09. The molecule has 1 fully saturated rings. The first-order valence-electron chi connectivity index (χ1n) is 11.7. The van der Waals surface area contributed by atoms with E-state index in [1.807, 2.05) is 24.3 Å². The van der Waals surface area contributed by atoms with E-state index in [1.54, 1.807) is 6.92 Å². The molecule has 0 radical (unpaired) electrons. The largest absolute Gasteiger partial charge is 0.295 e. The molecule has 3 rings (SSSR count). The fraction of sp³-hybridized carbons (Fsp3) is 0.500. The maximum Gasteiger partial charge on any atom is 0.159 e. The van der Waals surface area contributed by atoms with Crippen molar-refractivity contribution < 1.29 is 4.79 Å². The molecule has 2 aromatic rings. The minimum Gasteiger partial charge on any atom is -0.295 e. The Balaban J connectivity index is 1.56. The molecule has 2 nitrogen and oxygen atoms in total. The number of hydrogen-bond donors (Lipinski definition) is 0. The lowest BCUT2D eigenvalue weighted by atomic mass is 9.67. The smallest absolute Gasteiger partial charge is 0.159 e. The van der Waals surface area contributed by atoms with Crippen molar-refractivity contribution in [1.82, 2.24) is 0 Å². The van der Waals surface area contributed by atoms with Gasteiger partial charge in [0.15, 0.2) is 5.78 Å². The van der Waals surface area contributed by atoms with Gasteiger partial charge in [-0.25, -0.2) is 0 Å². The molecule has 0 atom stereocenters. The Morgan fingerprint density at radius 3 is 2.03 bits per heavy atom. The second kappa shape index (κ2) is 10.6. The Labute approximate surface area is 182 Å². The lowest BCUT2D eigenvalue weighted by molar-refractivity contribution is 0.101. The Kier molecular flexibility index (Phi) is 7.86. The number of carbonyl (C=O) groups is 1. The summed E-state index contributed by atoms with van der Waals surface area (Å²) in [5, 5.41) is 9.85. The van der Waals surface area contributed by atoms with Crippen LogP contribution in [-0.2, 0) is 0 Å². The summed E-state index contributed by atoms with van der Waals surface area (Å²) in [6.07, 6.45) is 11.8. The summed E-state index contributed by atoms with van der Waals surface area (Å²) >= 11 is 0. The SMILES string of the molecule is CCCCCCCC1(C#N)CCC(c2ccc(-c3ccc(C(C)=O)cc3)cc2)CC1. The molecule has 0 bridgehead atoms. The van der Waals surface area contributed by atoms with Crippen LogP contribution in [0.1, 0.15) is 99.9 Å². The van der Waals surface area contributed by atoms with Crippen molar-refractivity contribution in [3.8, 4) is 17.2 Å². The van der Waals surface area contributed by atoms with E-state index in [4.69, 9.17) is 0 Å². The van der Waals surface area contributed by atoms with E-state index in [0.29, 0.717) is 5.92 Å². The quantitative estimate of drug-likeness (QED) is 0.315. The molecule has 0 amide bonds.